The Morgan fingerprint density at radius 3 is 2.90 bits per heavy atom. The summed E-state index contributed by atoms with van der Waals surface area (Å²) in [6.45, 7) is 6.89. The summed E-state index contributed by atoms with van der Waals surface area (Å²) in [6, 6.07) is 5.18. The molecule has 1 aromatic carbocycles. The zero-order valence-corrected chi connectivity index (χ0v) is 13.4. The molecule has 2 atom stereocenters. The number of halogens is 1. The molecule has 0 aromatic heterocycles. The van der Waals surface area contributed by atoms with Crippen molar-refractivity contribution in [1.82, 2.24) is 4.90 Å². The summed E-state index contributed by atoms with van der Waals surface area (Å²) in [5, 5.41) is 0. The zero-order chi connectivity index (χ0) is 15.5. The summed E-state index contributed by atoms with van der Waals surface area (Å²) in [5.74, 6) is -0.173. The van der Waals surface area contributed by atoms with E-state index in [1.165, 1.54) is 0 Å². The molecule has 2 N–H and O–H groups in total. The largest absolute Gasteiger partial charge is 0.377 e. The lowest BCUT2D eigenvalue weighted by Gasteiger charge is -2.39. The van der Waals surface area contributed by atoms with Crippen LogP contribution in [0.3, 0.4) is 0 Å². The van der Waals surface area contributed by atoms with Crippen LogP contribution in [0.1, 0.15) is 43.4 Å². The second-order valence-corrected chi connectivity index (χ2v) is 6.44. The topological polar surface area (TPSA) is 38.5 Å². The molecule has 2 rings (SSSR count). The van der Waals surface area contributed by atoms with E-state index in [2.05, 4.69) is 11.8 Å². The predicted octanol–water partition coefficient (Wildman–Crippen LogP) is 3.02. The van der Waals surface area contributed by atoms with E-state index in [-0.39, 0.29) is 17.5 Å². The minimum atomic E-state index is -0.173. The molecule has 0 aliphatic carbocycles. The Morgan fingerprint density at radius 1 is 1.48 bits per heavy atom. The number of benzene rings is 1. The normalized spacial score (nSPS) is 25.0. The fourth-order valence-electron chi connectivity index (χ4n) is 2.99. The highest BCUT2D eigenvalue weighted by Crippen LogP contribution is 2.25. The first-order valence-corrected chi connectivity index (χ1v) is 7.73. The van der Waals surface area contributed by atoms with Gasteiger partial charge in [-0.1, -0.05) is 12.1 Å². The van der Waals surface area contributed by atoms with Gasteiger partial charge in [0.1, 0.15) is 5.82 Å². The van der Waals surface area contributed by atoms with E-state index in [0.717, 1.165) is 44.5 Å². The Hall–Kier alpha value is -0.970. The van der Waals surface area contributed by atoms with E-state index in [1.54, 1.807) is 26.2 Å². The molecule has 4 heteroatoms. The minimum absolute atomic E-state index is 0.0433. The summed E-state index contributed by atoms with van der Waals surface area (Å²) < 4.78 is 19.2. The lowest BCUT2D eigenvalue weighted by atomic mass is 9.94. The van der Waals surface area contributed by atoms with Crippen molar-refractivity contribution in [1.29, 1.82) is 0 Å². The number of ether oxygens (including phenoxy) is 1. The zero-order valence-electron chi connectivity index (χ0n) is 13.4. The molecule has 0 spiro atoms. The number of rotatable bonds is 5. The van der Waals surface area contributed by atoms with Crippen LogP contribution in [0.5, 0.6) is 0 Å². The first kappa shape index (κ1) is 16.4. The monoisotopic (exact) mass is 294 g/mol. The molecular formula is C17H27FN2O. The van der Waals surface area contributed by atoms with Gasteiger partial charge in [-0.3, -0.25) is 0 Å². The first-order valence-electron chi connectivity index (χ1n) is 7.73. The molecule has 2 unspecified atom stereocenters. The van der Waals surface area contributed by atoms with Crippen molar-refractivity contribution in [3.8, 4) is 0 Å². The van der Waals surface area contributed by atoms with Crippen LogP contribution >= 0.6 is 0 Å². The number of hydrogen-bond donors (Lipinski definition) is 1. The highest BCUT2D eigenvalue weighted by molar-refractivity contribution is 5.25. The Kier molecular flexibility index (Phi) is 5.36. The fourth-order valence-corrected chi connectivity index (χ4v) is 2.99. The molecule has 0 amide bonds. The van der Waals surface area contributed by atoms with Gasteiger partial charge in [0, 0.05) is 26.2 Å². The van der Waals surface area contributed by atoms with Gasteiger partial charge < -0.3 is 15.4 Å². The third-order valence-corrected chi connectivity index (χ3v) is 4.61. The van der Waals surface area contributed by atoms with E-state index in [1.807, 2.05) is 6.07 Å². The SMILES string of the molecule is COC1(C)CCCN(CCC(N)c2ccc(C)c(F)c2)C1. The van der Waals surface area contributed by atoms with E-state index < -0.39 is 0 Å². The van der Waals surface area contributed by atoms with Crippen molar-refractivity contribution in [2.45, 2.75) is 44.8 Å². The van der Waals surface area contributed by atoms with Gasteiger partial charge in [-0.05, 0) is 56.8 Å². The van der Waals surface area contributed by atoms with Gasteiger partial charge in [0.25, 0.3) is 0 Å². The van der Waals surface area contributed by atoms with Crippen molar-refractivity contribution < 1.29 is 9.13 Å². The second-order valence-electron chi connectivity index (χ2n) is 6.44. The van der Waals surface area contributed by atoms with Crippen LogP contribution in [-0.2, 0) is 4.74 Å². The number of hydrogen-bond acceptors (Lipinski definition) is 3. The second kappa shape index (κ2) is 6.86. The smallest absolute Gasteiger partial charge is 0.126 e. The van der Waals surface area contributed by atoms with Gasteiger partial charge in [0.15, 0.2) is 0 Å². The van der Waals surface area contributed by atoms with Crippen molar-refractivity contribution in [3.63, 3.8) is 0 Å². The van der Waals surface area contributed by atoms with Crippen LogP contribution in [0.2, 0.25) is 0 Å². The molecule has 1 fully saturated rings. The number of nitrogens with two attached hydrogens (primary N) is 1. The lowest BCUT2D eigenvalue weighted by molar-refractivity contribution is -0.0510. The van der Waals surface area contributed by atoms with Crippen LogP contribution in [0, 0.1) is 12.7 Å². The average Bonchev–Trinajstić information content (AvgIpc) is 2.48. The average molecular weight is 294 g/mol. The third kappa shape index (κ3) is 4.25. The quantitative estimate of drug-likeness (QED) is 0.907. The van der Waals surface area contributed by atoms with Gasteiger partial charge in [-0.25, -0.2) is 4.39 Å². The first-order chi connectivity index (χ1) is 9.93. The van der Waals surface area contributed by atoms with Gasteiger partial charge in [0.2, 0.25) is 0 Å². The van der Waals surface area contributed by atoms with E-state index in [9.17, 15) is 4.39 Å². The molecule has 0 bridgehead atoms. The van der Waals surface area contributed by atoms with Gasteiger partial charge in [0.05, 0.1) is 5.60 Å². The minimum Gasteiger partial charge on any atom is -0.377 e. The van der Waals surface area contributed by atoms with Crippen LogP contribution in [0.25, 0.3) is 0 Å². The van der Waals surface area contributed by atoms with Gasteiger partial charge in [-0.15, -0.1) is 0 Å². The predicted molar refractivity (Wildman–Crippen MR) is 83.8 cm³/mol. The van der Waals surface area contributed by atoms with E-state index in [4.69, 9.17) is 10.5 Å². The highest BCUT2D eigenvalue weighted by atomic mass is 19.1. The van der Waals surface area contributed by atoms with Crippen molar-refractivity contribution >= 4 is 0 Å². The molecular weight excluding hydrogens is 267 g/mol. The number of likely N-dealkylation sites (tertiary alicyclic amines) is 1. The number of aryl methyl sites for hydroxylation is 1. The van der Waals surface area contributed by atoms with Crippen molar-refractivity contribution in [3.05, 3.63) is 35.1 Å². The van der Waals surface area contributed by atoms with Gasteiger partial charge in [-0.2, -0.15) is 0 Å². The standard InChI is InChI=1S/C17H27FN2O/c1-13-5-6-14(11-15(13)18)16(19)7-10-20-9-4-8-17(2,12-20)21-3/h5-6,11,16H,4,7-10,12,19H2,1-3H3. The van der Waals surface area contributed by atoms with Crippen LogP contribution in [-0.4, -0.2) is 37.2 Å². The summed E-state index contributed by atoms with van der Waals surface area (Å²) in [5.41, 5.74) is 7.71. The lowest BCUT2D eigenvalue weighted by Crippen LogP contribution is -2.47. The summed E-state index contributed by atoms with van der Waals surface area (Å²) in [4.78, 5) is 2.40. The molecule has 1 heterocycles. The maximum absolute atomic E-state index is 13.6. The molecule has 1 saturated heterocycles. The Morgan fingerprint density at radius 2 is 2.24 bits per heavy atom. The van der Waals surface area contributed by atoms with E-state index >= 15 is 0 Å². The third-order valence-electron chi connectivity index (χ3n) is 4.61. The summed E-state index contributed by atoms with van der Waals surface area (Å²) >= 11 is 0. The maximum Gasteiger partial charge on any atom is 0.126 e. The fraction of sp³-hybridized carbons (Fsp3) is 0.647. The van der Waals surface area contributed by atoms with Crippen LogP contribution < -0.4 is 5.73 Å². The molecule has 21 heavy (non-hydrogen) atoms. The Bertz CT molecular complexity index is 480. The van der Waals surface area contributed by atoms with Crippen molar-refractivity contribution in [2.75, 3.05) is 26.7 Å². The molecule has 1 aliphatic heterocycles. The van der Waals surface area contributed by atoms with Crippen LogP contribution in [0.15, 0.2) is 18.2 Å². The Balaban J connectivity index is 1.88. The molecule has 1 aliphatic rings. The maximum atomic E-state index is 13.6. The highest BCUT2D eigenvalue weighted by Gasteiger charge is 2.30. The van der Waals surface area contributed by atoms with E-state index in [0.29, 0.717) is 5.56 Å². The molecule has 118 valence electrons. The molecule has 0 saturated carbocycles. The molecule has 1 aromatic rings. The van der Waals surface area contributed by atoms with Crippen LogP contribution in [0.4, 0.5) is 4.39 Å². The molecule has 0 radical (unpaired) electrons. The number of piperidine rings is 1. The summed E-state index contributed by atoms with van der Waals surface area (Å²) in [7, 11) is 1.78. The number of nitrogens with zero attached hydrogens (tertiary/aromatic N) is 1. The molecule has 3 nitrogen and oxygen atoms in total. The summed E-state index contributed by atoms with van der Waals surface area (Å²) in [6.07, 6.45) is 3.09. The van der Waals surface area contributed by atoms with Crippen molar-refractivity contribution in [2.24, 2.45) is 5.73 Å². The number of methoxy groups -OCH3 is 1. The Labute approximate surface area is 127 Å². The van der Waals surface area contributed by atoms with Gasteiger partial charge >= 0.3 is 0 Å².